The maximum Gasteiger partial charge on any atom is 0.256 e. The first-order valence-corrected chi connectivity index (χ1v) is 7.34. The zero-order valence-electron chi connectivity index (χ0n) is 11.1. The lowest BCUT2D eigenvalue weighted by Crippen LogP contribution is -2.19. The molecule has 1 aromatic carbocycles. The Bertz CT molecular complexity index is 657. The Labute approximate surface area is 120 Å². The van der Waals surface area contributed by atoms with Crippen LogP contribution in [-0.2, 0) is 12.2 Å². The average molecular weight is 293 g/mol. The topological polar surface area (TPSA) is 71.8 Å². The Hall–Kier alpha value is -1.82. The Morgan fingerprint density at radius 2 is 2.25 bits per heavy atom. The van der Waals surface area contributed by atoms with E-state index in [0.717, 1.165) is 11.3 Å². The SMILES string of the molecule is CCCc1c(N)nc(CSc2cccc(F)c2)[nH]c1=O. The fraction of sp³-hybridized carbons (Fsp3) is 0.286. The molecule has 0 aliphatic rings. The quantitative estimate of drug-likeness (QED) is 0.831. The fourth-order valence-corrected chi connectivity index (χ4v) is 2.64. The fourth-order valence-electron chi connectivity index (χ4n) is 1.83. The Morgan fingerprint density at radius 3 is 2.90 bits per heavy atom. The number of nitrogens with two attached hydrogens (primary N) is 1. The minimum Gasteiger partial charge on any atom is -0.383 e. The van der Waals surface area contributed by atoms with E-state index in [0.29, 0.717) is 23.6 Å². The van der Waals surface area contributed by atoms with Gasteiger partial charge < -0.3 is 10.7 Å². The molecule has 0 bridgehead atoms. The standard InChI is InChI=1S/C14H16FN3OS/c1-2-4-11-13(16)17-12(18-14(11)19)8-20-10-6-3-5-9(15)7-10/h3,5-7H,2,4,8H2,1H3,(H3,16,17,18,19). The molecule has 2 rings (SSSR count). The summed E-state index contributed by atoms with van der Waals surface area (Å²) in [4.78, 5) is 19.6. The molecule has 0 saturated heterocycles. The molecular formula is C14H16FN3OS. The highest BCUT2D eigenvalue weighted by atomic mass is 32.2. The molecule has 1 heterocycles. The number of aromatic amines is 1. The number of aromatic nitrogens is 2. The zero-order valence-corrected chi connectivity index (χ0v) is 12.0. The third-order valence-corrected chi connectivity index (χ3v) is 3.77. The van der Waals surface area contributed by atoms with Gasteiger partial charge in [-0.2, -0.15) is 0 Å². The van der Waals surface area contributed by atoms with E-state index in [9.17, 15) is 9.18 Å². The zero-order chi connectivity index (χ0) is 14.5. The van der Waals surface area contributed by atoms with E-state index in [2.05, 4.69) is 9.97 Å². The lowest BCUT2D eigenvalue weighted by atomic mass is 10.2. The number of thioether (sulfide) groups is 1. The first-order valence-electron chi connectivity index (χ1n) is 6.36. The van der Waals surface area contributed by atoms with E-state index in [-0.39, 0.29) is 17.2 Å². The number of H-pyrrole nitrogens is 1. The number of nitrogens with zero attached hydrogens (tertiary/aromatic N) is 1. The van der Waals surface area contributed by atoms with Crippen LogP contribution in [0.4, 0.5) is 10.2 Å². The predicted octanol–water partition coefficient (Wildman–Crippen LogP) is 2.74. The second-order valence-corrected chi connectivity index (χ2v) is 5.42. The van der Waals surface area contributed by atoms with Gasteiger partial charge in [-0.1, -0.05) is 19.4 Å². The summed E-state index contributed by atoms with van der Waals surface area (Å²) in [7, 11) is 0. The van der Waals surface area contributed by atoms with E-state index >= 15 is 0 Å². The molecule has 3 N–H and O–H groups in total. The summed E-state index contributed by atoms with van der Waals surface area (Å²) in [6.07, 6.45) is 1.46. The first kappa shape index (κ1) is 14.6. The smallest absolute Gasteiger partial charge is 0.256 e. The van der Waals surface area contributed by atoms with E-state index < -0.39 is 0 Å². The monoisotopic (exact) mass is 293 g/mol. The van der Waals surface area contributed by atoms with Crippen LogP contribution in [0, 0.1) is 5.82 Å². The van der Waals surface area contributed by atoms with Gasteiger partial charge in [-0.3, -0.25) is 4.79 Å². The summed E-state index contributed by atoms with van der Waals surface area (Å²) < 4.78 is 13.1. The summed E-state index contributed by atoms with van der Waals surface area (Å²) in [6.45, 7) is 1.98. The molecule has 20 heavy (non-hydrogen) atoms. The highest BCUT2D eigenvalue weighted by molar-refractivity contribution is 7.98. The van der Waals surface area contributed by atoms with Gasteiger partial charge in [0.05, 0.1) is 11.3 Å². The molecule has 106 valence electrons. The summed E-state index contributed by atoms with van der Waals surface area (Å²) >= 11 is 1.40. The van der Waals surface area contributed by atoms with Crippen molar-refractivity contribution >= 4 is 17.6 Å². The van der Waals surface area contributed by atoms with Crippen molar-refractivity contribution in [1.29, 1.82) is 0 Å². The van der Waals surface area contributed by atoms with Crippen molar-refractivity contribution < 1.29 is 4.39 Å². The van der Waals surface area contributed by atoms with Crippen LogP contribution in [0.3, 0.4) is 0 Å². The van der Waals surface area contributed by atoms with Crippen molar-refractivity contribution in [3.05, 3.63) is 51.8 Å². The van der Waals surface area contributed by atoms with E-state index in [1.165, 1.54) is 23.9 Å². The molecule has 2 aromatic rings. The number of nitrogens with one attached hydrogen (secondary N) is 1. The molecular weight excluding hydrogens is 277 g/mol. The number of halogens is 1. The van der Waals surface area contributed by atoms with Crippen LogP contribution in [0.15, 0.2) is 34.0 Å². The van der Waals surface area contributed by atoms with Crippen LogP contribution >= 0.6 is 11.8 Å². The van der Waals surface area contributed by atoms with Gasteiger partial charge in [-0.05, 0) is 24.6 Å². The second kappa shape index (κ2) is 6.56. The van der Waals surface area contributed by atoms with Gasteiger partial charge >= 0.3 is 0 Å². The number of hydrogen-bond acceptors (Lipinski definition) is 4. The van der Waals surface area contributed by atoms with Gasteiger partial charge in [0.15, 0.2) is 0 Å². The number of hydrogen-bond donors (Lipinski definition) is 2. The third-order valence-electron chi connectivity index (χ3n) is 2.77. The highest BCUT2D eigenvalue weighted by Crippen LogP contribution is 2.22. The van der Waals surface area contributed by atoms with Crippen molar-refractivity contribution in [2.45, 2.75) is 30.4 Å². The minimum absolute atomic E-state index is 0.186. The molecule has 1 aromatic heterocycles. The van der Waals surface area contributed by atoms with E-state index in [1.54, 1.807) is 12.1 Å². The maximum atomic E-state index is 13.1. The minimum atomic E-state index is -0.283. The van der Waals surface area contributed by atoms with Gasteiger partial charge in [0.1, 0.15) is 17.5 Å². The molecule has 0 unspecified atom stereocenters. The average Bonchev–Trinajstić information content (AvgIpc) is 2.41. The molecule has 4 nitrogen and oxygen atoms in total. The van der Waals surface area contributed by atoms with Crippen LogP contribution in [0.2, 0.25) is 0 Å². The molecule has 0 aliphatic carbocycles. The molecule has 0 atom stereocenters. The van der Waals surface area contributed by atoms with Gasteiger partial charge in [0.25, 0.3) is 5.56 Å². The summed E-state index contributed by atoms with van der Waals surface area (Å²) in [6, 6.07) is 6.28. The lowest BCUT2D eigenvalue weighted by molar-refractivity contribution is 0.624. The molecule has 0 saturated carbocycles. The predicted molar refractivity (Wildman–Crippen MR) is 79.2 cm³/mol. The third kappa shape index (κ3) is 3.60. The highest BCUT2D eigenvalue weighted by Gasteiger charge is 2.08. The normalized spacial score (nSPS) is 10.7. The van der Waals surface area contributed by atoms with Crippen LogP contribution < -0.4 is 11.3 Å². The van der Waals surface area contributed by atoms with Crippen molar-refractivity contribution in [2.75, 3.05) is 5.73 Å². The van der Waals surface area contributed by atoms with Gasteiger partial charge in [-0.25, -0.2) is 9.37 Å². The van der Waals surface area contributed by atoms with Gasteiger partial charge in [0, 0.05) is 4.90 Å². The van der Waals surface area contributed by atoms with Crippen LogP contribution in [0.5, 0.6) is 0 Å². The Kier molecular flexibility index (Phi) is 4.79. The molecule has 0 fully saturated rings. The lowest BCUT2D eigenvalue weighted by Gasteiger charge is -2.06. The molecule has 0 aliphatic heterocycles. The van der Waals surface area contributed by atoms with Crippen molar-refractivity contribution in [3.63, 3.8) is 0 Å². The maximum absolute atomic E-state index is 13.1. The van der Waals surface area contributed by atoms with Gasteiger partial charge in [-0.15, -0.1) is 11.8 Å². The Balaban J connectivity index is 2.13. The van der Waals surface area contributed by atoms with Crippen molar-refractivity contribution in [2.24, 2.45) is 0 Å². The first-order chi connectivity index (χ1) is 9.60. The van der Waals surface area contributed by atoms with Crippen LogP contribution in [-0.4, -0.2) is 9.97 Å². The van der Waals surface area contributed by atoms with Crippen LogP contribution in [0.1, 0.15) is 24.7 Å². The largest absolute Gasteiger partial charge is 0.383 e. The summed E-state index contributed by atoms with van der Waals surface area (Å²) in [5.74, 6) is 0.941. The van der Waals surface area contributed by atoms with Crippen LogP contribution in [0.25, 0.3) is 0 Å². The number of rotatable bonds is 5. The van der Waals surface area contributed by atoms with Crippen molar-refractivity contribution in [3.8, 4) is 0 Å². The van der Waals surface area contributed by atoms with E-state index in [1.807, 2.05) is 6.92 Å². The molecule has 6 heteroatoms. The number of nitrogen functional groups attached to an aromatic ring is 1. The molecule has 0 spiro atoms. The Morgan fingerprint density at radius 1 is 1.45 bits per heavy atom. The summed E-state index contributed by atoms with van der Waals surface area (Å²) in [5, 5.41) is 0. The summed E-state index contributed by atoms with van der Waals surface area (Å²) in [5.41, 5.74) is 6.15. The molecule has 0 amide bonds. The number of anilines is 1. The second-order valence-electron chi connectivity index (χ2n) is 4.37. The van der Waals surface area contributed by atoms with E-state index in [4.69, 9.17) is 5.73 Å². The van der Waals surface area contributed by atoms with Crippen molar-refractivity contribution in [1.82, 2.24) is 9.97 Å². The number of benzene rings is 1. The van der Waals surface area contributed by atoms with Gasteiger partial charge in [0.2, 0.25) is 0 Å². The molecule has 0 radical (unpaired) electrons.